The van der Waals surface area contributed by atoms with Gasteiger partial charge in [0.2, 0.25) is 0 Å². The van der Waals surface area contributed by atoms with E-state index in [1.807, 2.05) is 34.2 Å². The van der Waals surface area contributed by atoms with Crippen LogP contribution in [-0.4, -0.2) is 27.2 Å². The first-order valence-electron chi connectivity index (χ1n) is 6.65. The van der Waals surface area contributed by atoms with Crippen LogP contribution in [0.3, 0.4) is 0 Å². The molecule has 2 aromatic heterocycles. The number of benzene rings is 1. The van der Waals surface area contributed by atoms with Gasteiger partial charge in [-0.15, -0.1) is 11.3 Å². The van der Waals surface area contributed by atoms with Crippen molar-refractivity contribution in [3.63, 3.8) is 0 Å². The smallest absolute Gasteiger partial charge is 0.193 e. The zero-order valence-electron chi connectivity index (χ0n) is 11.8. The Labute approximate surface area is 127 Å². The fraction of sp³-hybridized carbons (Fsp3) is 0.200. The van der Waals surface area contributed by atoms with Crippen molar-refractivity contribution in [1.82, 2.24) is 14.3 Å². The van der Waals surface area contributed by atoms with Crippen molar-refractivity contribution in [3.8, 4) is 0 Å². The molecule has 2 heterocycles. The van der Waals surface area contributed by atoms with Gasteiger partial charge >= 0.3 is 0 Å². The molecular formula is C15H17N5S. The molecule has 0 unspecified atom stereocenters. The average Bonchev–Trinajstić information content (AvgIpc) is 2.99. The van der Waals surface area contributed by atoms with Crippen LogP contribution in [0.1, 0.15) is 16.8 Å². The Morgan fingerprint density at radius 2 is 2.29 bits per heavy atom. The number of nitrogens with one attached hydrogen (secondary N) is 1. The second-order valence-corrected chi connectivity index (χ2v) is 5.98. The third-order valence-electron chi connectivity index (χ3n) is 3.27. The number of nitrogen functional groups attached to an aromatic ring is 1. The highest BCUT2D eigenvalue weighted by Crippen LogP contribution is 2.14. The molecule has 108 valence electrons. The predicted molar refractivity (Wildman–Crippen MR) is 85.7 cm³/mol. The summed E-state index contributed by atoms with van der Waals surface area (Å²) < 4.78 is 2.05. The highest BCUT2D eigenvalue weighted by Gasteiger charge is 2.07. The van der Waals surface area contributed by atoms with Crippen LogP contribution in [0.2, 0.25) is 0 Å². The number of hydrogen-bond donors (Lipinski definition) is 2. The molecule has 0 bridgehead atoms. The molecule has 0 aliphatic heterocycles. The third kappa shape index (κ3) is 3.12. The van der Waals surface area contributed by atoms with Gasteiger partial charge in [0.05, 0.1) is 5.69 Å². The fourth-order valence-electron chi connectivity index (χ4n) is 2.33. The first-order valence-corrected chi connectivity index (χ1v) is 7.53. The van der Waals surface area contributed by atoms with Crippen LogP contribution < -0.4 is 5.73 Å². The third-order valence-corrected chi connectivity index (χ3v) is 4.04. The maximum atomic E-state index is 7.49. The molecule has 3 rings (SSSR count). The molecule has 0 aliphatic carbocycles. The van der Waals surface area contributed by atoms with Crippen molar-refractivity contribution in [1.29, 1.82) is 5.41 Å². The van der Waals surface area contributed by atoms with Crippen molar-refractivity contribution in [2.45, 2.75) is 13.1 Å². The van der Waals surface area contributed by atoms with Gasteiger partial charge < -0.3 is 5.73 Å². The van der Waals surface area contributed by atoms with Crippen LogP contribution in [0.15, 0.2) is 42.0 Å². The molecule has 0 saturated carbocycles. The van der Waals surface area contributed by atoms with Crippen molar-refractivity contribution in [3.05, 3.63) is 58.9 Å². The number of imidazole rings is 1. The normalized spacial score (nSPS) is 11.3. The molecule has 3 N–H and O–H groups in total. The summed E-state index contributed by atoms with van der Waals surface area (Å²) in [6, 6.07) is 7.81. The molecule has 0 atom stereocenters. The lowest BCUT2D eigenvalue weighted by atomic mass is 10.1. The predicted octanol–water partition coefficient (Wildman–Crippen LogP) is 2.31. The summed E-state index contributed by atoms with van der Waals surface area (Å²) in [4.78, 5) is 7.81. The zero-order chi connectivity index (χ0) is 14.8. The number of hydrogen-bond acceptors (Lipinski definition) is 4. The van der Waals surface area contributed by atoms with Gasteiger partial charge in [0.15, 0.2) is 4.96 Å². The molecule has 0 saturated heterocycles. The van der Waals surface area contributed by atoms with Gasteiger partial charge in [-0.25, -0.2) is 4.98 Å². The average molecular weight is 299 g/mol. The Hall–Kier alpha value is -2.18. The summed E-state index contributed by atoms with van der Waals surface area (Å²) in [6.07, 6.45) is 4.08. The Kier molecular flexibility index (Phi) is 3.72. The van der Waals surface area contributed by atoms with E-state index in [2.05, 4.69) is 29.2 Å². The maximum absolute atomic E-state index is 7.49. The zero-order valence-corrected chi connectivity index (χ0v) is 12.6. The first-order chi connectivity index (χ1) is 10.1. The molecule has 0 spiro atoms. The lowest BCUT2D eigenvalue weighted by Gasteiger charge is -2.15. The summed E-state index contributed by atoms with van der Waals surface area (Å²) in [5, 5.41) is 9.52. The molecule has 0 aliphatic rings. The lowest BCUT2D eigenvalue weighted by molar-refractivity contribution is 0.315. The van der Waals surface area contributed by atoms with Crippen molar-refractivity contribution in [2.75, 3.05) is 7.05 Å². The van der Waals surface area contributed by atoms with Crippen LogP contribution in [0, 0.1) is 5.41 Å². The van der Waals surface area contributed by atoms with E-state index in [4.69, 9.17) is 11.1 Å². The monoisotopic (exact) mass is 299 g/mol. The Bertz CT molecular complexity index is 745. The minimum Gasteiger partial charge on any atom is -0.384 e. The second kappa shape index (κ2) is 5.67. The molecule has 0 radical (unpaired) electrons. The van der Waals surface area contributed by atoms with Crippen LogP contribution in [0.4, 0.5) is 0 Å². The molecule has 6 heteroatoms. The molecule has 3 aromatic rings. The fourth-order valence-corrected chi connectivity index (χ4v) is 3.05. The van der Waals surface area contributed by atoms with E-state index < -0.39 is 0 Å². The topological polar surface area (TPSA) is 70.4 Å². The van der Waals surface area contributed by atoms with Crippen LogP contribution >= 0.6 is 11.3 Å². The van der Waals surface area contributed by atoms with E-state index in [1.165, 1.54) is 0 Å². The number of thiazole rings is 1. The summed E-state index contributed by atoms with van der Waals surface area (Å²) in [5.74, 6) is 0.105. The number of nitrogens with zero attached hydrogens (tertiary/aromatic N) is 3. The van der Waals surface area contributed by atoms with E-state index in [1.54, 1.807) is 11.3 Å². The summed E-state index contributed by atoms with van der Waals surface area (Å²) in [7, 11) is 2.06. The van der Waals surface area contributed by atoms with E-state index in [0.717, 1.165) is 34.9 Å². The van der Waals surface area contributed by atoms with Gasteiger partial charge in [-0.1, -0.05) is 18.2 Å². The second-order valence-electron chi connectivity index (χ2n) is 5.11. The Morgan fingerprint density at radius 3 is 3.05 bits per heavy atom. The first kappa shape index (κ1) is 13.8. The molecule has 0 fully saturated rings. The van der Waals surface area contributed by atoms with Crippen molar-refractivity contribution >= 4 is 22.1 Å². The van der Waals surface area contributed by atoms with E-state index in [-0.39, 0.29) is 5.84 Å². The number of amidine groups is 1. The van der Waals surface area contributed by atoms with E-state index >= 15 is 0 Å². The number of aromatic nitrogens is 2. The minimum absolute atomic E-state index is 0.105. The lowest BCUT2D eigenvalue weighted by Crippen LogP contribution is -2.18. The van der Waals surface area contributed by atoms with Crippen LogP contribution in [0.25, 0.3) is 4.96 Å². The number of fused-ring (bicyclic) bond motifs is 1. The van der Waals surface area contributed by atoms with Crippen LogP contribution in [-0.2, 0) is 13.1 Å². The van der Waals surface area contributed by atoms with Gasteiger partial charge in [-0.05, 0) is 18.7 Å². The Morgan fingerprint density at radius 1 is 1.43 bits per heavy atom. The standard InChI is InChI=1S/C15H17N5S/c1-19(8-11-3-2-4-12(7-11)14(16)17)9-13-10-20-5-6-21-15(20)18-13/h2-7,10H,8-9H2,1H3,(H3,16,17). The van der Waals surface area contributed by atoms with E-state index in [9.17, 15) is 0 Å². The largest absolute Gasteiger partial charge is 0.384 e. The van der Waals surface area contributed by atoms with Gasteiger partial charge in [0, 0.05) is 36.4 Å². The summed E-state index contributed by atoms with van der Waals surface area (Å²) in [6.45, 7) is 1.59. The highest BCUT2D eigenvalue weighted by atomic mass is 32.1. The van der Waals surface area contributed by atoms with E-state index in [0.29, 0.717) is 0 Å². The van der Waals surface area contributed by atoms with Crippen molar-refractivity contribution in [2.24, 2.45) is 5.73 Å². The maximum Gasteiger partial charge on any atom is 0.193 e. The Balaban J connectivity index is 1.68. The summed E-state index contributed by atoms with van der Waals surface area (Å²) in [5.41, 5.74) is 8.50. The van der Waals surface area contributed by atoms with Gasteiger partial charge in [0.25, 0.3) is 0 Å². The highest BCUT2D eigenvalue weighted by molar-refractivity contribution is 7.15. The summed E-state index contributed by atoms with van der Waals surface area (Å²) >= 11 is 1.64. The molecule has 5 nitrogen and oxygen atoms in total. The minimum atomic E-state index is 0.105. The van der Waals surface area contributed by atoms with Gasteiger partial charge in [-0.2, -0.15) is 0 Å². The van der Waals surface area contributed by atoms with Crippen LogP contribution in [0.5, 0.6) is 0 Å². The number of nitrogens with two attached hydrogens (primary N) is 1. The quantitative estimate of drug-likeness (QED) is 0.561. The SMILES string of the molecule is CN(Cc1cccc(C(=N)N)c1)Cc1cn2ccsc2n1. The molecular weight excluding hydrogens is 282 g/mol. The van der Waals surface area contributed by atoms with Gasteiger partial charge in [0.1, 0.15) is 5.84 Å². The molecule has 1 aromatic carbocycles. The molecule has 0 amide bonds. The molecule has 21 heavy (non-hydrogen) atoms. The van der Waals surface area contributed by atoms with Gasteiger partial charge in [-0.3, -0.25) is 14.7 Å². The van der Waals surface area contributed by atoms with Crippen molar-refractivity contribution < 1.29 is 0 Å². The number of rotatable bonds is 5.